The summed E-state index contributed by atoms with van der Waals surface area (Å²) in [6, 6.07) is 0.556. The number of amides is 1. The van der Waals surface area contributed by atoms with Crippen LogP contribution in [0.5, 0.6) is 0 Å². The van der Waals surface area contributed by atoms with Crippen LogP contribution in [0.2, 0.25) is 0 Å². The van der Waals surface area contributed by atoms with Crippen LogP contribution in [0.4, 0.5) is 0 Å². The standard InChI is InChI=1S/C11H20N4O.HI/c1-12-11(15-9-4-5-9)14-7-10(16)13-6-8-2-3-8;/h8-9H,2-7H2,1H3,(H,13,16)(H2,12,14,15);1H. The number of carbonyl (C=O) groups is 1. The predicted molar refractivity (Wildman–Crippen MR) is 78.7 cm³/mol. The second kappa shape index (κ2) is 7.03. The van der Waals surface area contributed by atoms with Crippen molar-refractivity contribution in [1.29, 1.82) is 0 Å². The molecular formula is C11H21IN4O. The van der Waals surface area contributed by atoms with Crippen molar-refractivity contribution in [2.45, 2.75) is 31.7 Å². The molecule has 3 N–H and O–H groups in total. The lowest BCUT2D eigenvalue weighted by Crippen LogP contribution is -2.44. The highest BCUT2D eigenvalue weighted by molar-refractivity contribution is 14.0. The molecular weight excluding hydrogens is 331 g/mol. The molecule has 0 aromatic heterocycles. The summed E-state index contributed by atoms with van der Waals surface area (Å²) in [6.07, 6.45) is 4.93. The quantitative estimate of drug-likeness (QED) is 0.383. The summed E-state index contributed by atoms with van der Waals surface area (Å²) in [6.45, 7) is 1.13. The van der Waals surface area contributed by atoms with Gasteiger partial charge in [-0.3, -0.25) is 9.79 Å². The maximum absolute atomic E-state index is 11.4. The molecule has 0 saturated heterocycles. The molecule has 0 radical (unpaired) electrons. The van der Waals surface area contributed by atoms with Gasteiger partial charge in [-0.25, -0.2) is 0 Å². The number of guanidine groups is 1. The first-order valence-electron chi connectivity index (χ1n) is 6.02. The molecule has 0 aromatic rings. The van der Waals surface area contributed by atoms with Gasteiger partial charge in [-0.1, -0.05) is 0 Å². The van der Waals surface area contributed by atoms with Crippen LogP contribution in [-0.2, 0) is 4.79 Å². The molecule has 6 heteroatoms. The predicted octanol–water partition coefficient (Wildman–Crippen LogP) is 0.458. The molecule has 0 heterocycles. The van der Waals surface area contributed by atoms with Crippen molar-refractivity contribution in [1.82, 2.24) is 16.0 Å². The second-order valence-corrected chi connectivity index (χ2v) is 4.59. The van der Waals surface area contributed by atoms with E-state index in [-0.39, 0.29) is 29.9 Å². The van der Waals surface area contributed by atoms with Gasteiger partial charge in [0.25, 0.3) is 0 Å². The number of halogens is 1. The Hall–Kier alpha value is -0.530. The average Bonchev–Trinajstić information content (AvgIpc) is 3.15. The fourth-order valence-electron chi connectivity index (χ4n) is 1.42. The number of hydrogen-bond donors (Lipinski definition) is 3. The van der Waals surface area contributed by atoms with E-state index in [1.54, 1.807) is 7.05 Å². The van der Waals surface area contributed by atoms with E-state index >= 15 is 0 Å². The number of hydrogen-bond acceptors (Lipinski definition) is 2. The molecule has 2 fully saturated rings. The smallest absolute Gasteiger partial charge is 0.239 e. The third-order valence-corrected chi connectivity index (χ3v) is 2.84. The summed E-state index contributed by atoms with van der Waals surface area (Å²) in [4.78, 5) is 15.5. The van der Waals surface area contributed by atoms with Gasteiger partial charge in [0.15, 0.2) is 5.96 Å². The molecule has 1 amide bonds. The van der Waals surface area contributed by atoms with E-state index in [1.165, 1.54) is 25.7 Å². The number of nitrogens with one attached hydrogen (secondary N) is 3. The van der Waals surface area contributed by atoms with E-state index in [2.05, 4.69) is 20.9 Å². The van der Waals surface area contributed by atoms with Crippen molar-refractivity contribution in [2.24, 2.45) is 10.9 Å². The zero-order valence-corrected chi connectivity index (χ0v) is 12.5. The minimum atomic E-state index is 0. The summed E-state index contributed by atoms with van der Waals surface area (Å²) >= 11 is 0. The maximum Gasteiger partial charge on any atom is 0.239 e. The highest BCUT2D eigenvalue weighted by Gasteiger charge is 2.23. The Bertz CT molecular complexity index is 287. The topological polar surface area (TPSA) is 65.5 Å². The second-order valence-electron chi connectivity index (χ2n) is 4.59. The highest BCUT2D eigenvalue weighted by Crippen LogP contribution is 2.27. The molecule has 0 aliphatic heterocycles. The normalized spacial score (nSPS) is 19.2. The van der Waals surface area contributed by atoms with Gasteiger partial charge in [0.05, 0.1) is 6.54 Å². The Kier molecular flexibility index (Phi) is 6.01. The number of carbonyl (C=O) groups excluding carboxylic acids is 1. The first-order chi connectivity index (χ1) is 7.78. The largest absolute Gasteiger partial charge is 0.354 e. The molecule has 98 valence electrons. The lowest BCUT2D eigenvalue weighted by atomic mass is 10.4. The van der Waals surface area contributed by atoms with Crippen molar-refractivity contribution in [3.63, 3.8) is 0 Å². The fraction of sp³-hybridized carbons (Fsp3) is 0.818. The van der Waals surface area contributed by atoms with Crippen molar-refractivity contribution in [2.75, 3.05) is 20.1 Å². The van der Waals surface area contributed by atoms with Gasteiger partial charge in [0.1, 0.15) is 0 Å². The van der Waals surface area contributed by atoms with Gasteiger partial charge in [-0.05, 0) is 31.6 Å². The summed E-state index contributed by atoms with van der Waals surface area (Å²) in [5.41, 5.74) is 0. The summed E-state index contributed by atoms with van der Waals surface area (Å²) < 4.78 is 0. The van der Waals surface area contributed by atoms with Crippen molar-refractivity contribution < 1.29 is 4.79 Å². The summed E-state index contributed by atoms with van der Waals surface area (Å²) in [5, 5.41) is 9.15. The van der Waals surface area contributed by atoms with E-state index in [9.17, 15) is 4.79 Å². The highest BCUT2D eigenvalue weighted by atomic mass is 127. The minimum absolute atomic E-state index is 0. The SMILES string of the molecule is CN=C(NCC(=O)NCC1CC1)NC1CC1.I. The van der Waals surface area contributed by atoms with Gasteiger partial charge in [0, 0.05) is 19.6 Å². The first-order valence-corrected chi connectivity index (χ1v) is 6.02. The van der Waals surface area contributed by atoms with Gasteiger partial charge in [-0.2, -0.15) is 0 Å². The Morgan fingerprint density at radius 3 is 2.47 bits per heavy atom. The van der Waals surface area contributed by atoms with E-state index in [0.29, 0.717) is 12.6 Å². The molecule has 2 aliphatic rings. The average molecular weight is 352 g/mol. The molecule has 5 nitrogen and oxygen atoms in total. The molecule has 0 aromatic carbocycles. The van der Waals surface area contributed by atoms with E-state index in [1.807, 2.05) is 0 Å². The van der Waals surface area contributed by atoms with Gasteiger partial charge in [-0.15, -0.1) is 24.0 Å². The van der Waals surface area contributed by atoms with Gasteiger partial charge in [0.2, 0.25) is 5.91 Å². The molecule has 2 rings (SSSR count). The van der Waals surface area contributed by atoms with Crippen LogP contribution in [0.25, 0.3) is 0 Å². The Labute approximate surface area is 119 Å². The van der Waals surface area contributed by atoms with Crippen LogP contribution >= 0.6 is 24.0 Å². The summed E-state index contributed by atoms with van der Waals surface area (Å²) in [5.74, 6) is 1.50. The van der Waals surface area contributed by atoms with E-state index in [0.717, 1.165) is 18.4 Å². The minimum Gasteiger partial charge on any atom is -0.354 e. The van der Waals surface area contributed by atoms with Crippen molar-refractivity contribution in [3.8, 4) is 0 Å². The van der Waals surface area contributed by atoms with E-state index < -0.39 is 0 Å². The zero-order chi connectivity index (χ0) is 11.4. The Morgan fingerprint density at radius 1 is 1.24 bits per heavy atom. The maximum atomic E-state index is 11.4. The van der Waals surface area contributed by atoms with Crippen LogP contribution in [0.1, 0.15) is 25.7 Å². The molecule has 0 spiro atoms. The summed E-state index contributed by atoms with van der Waals surface area (Å²) in [7, 11) is 1.72. The number of aliphatic imine (C=N–C) groups is 1. The molecule has 17 heavy (non-hydrogen) atoms. The zero-order valence-electron chi connectivity index (χ0n) is 10.2. The van der Waals surface area contributed by atoms with Crippen LogP contribution in [0, 0.1) is 5.92 Å². The third-order valence-electron chi connectivity index (χ3n) is 2.84. The van der Waals surface area contributed by atoms with E-state index in [4.69, 9.17) is 0 Å². The van der Waals surface area contributed by atoms with Crippen LogP contribution in [-0.4, -0.2) is 38.0 Å². The van der Waals surface area contributed by atoms with Crippen LogP contribution in [0.3, 0.4) is 0 Å². The molecule has 2 aliphatic carbocycles. The molecule has 2 saturated carbocycles. The van der Waals surface area contributed by atoms with Crippen molar-refractivity contribution in [3.05, 3.63) is 0 Å². The van der Waals surface area contributed by atoms with Crippen molar-refractivity contribution >= 4 is 35.8 Å². The van der Waals surface area contributed by atoms with Gasteiger partial charge >= 0.3 is 0 Å². The number of nitrogens with zero attached hydrogens (tertiary/aromatic N) is 1. The van der Waals surface area contributed by atoms with Crippen LogP contribution in [0.15, 0.2) is 4.99 Å². The van der Waals surface area contributed by atoms with Crippen LogP contribution < -0.4 is 16.0 Å². The molecule has 0 bridgehead atoms. The fourth-order valence-corrected chi connectivity index (χ4v) is 1.42. The molecule has 0 atom stereocenters. The molecule has 0 unspecified atom stereocenters. The first kappa shape index (κ1) is 14.5. The Morgan fingerprint density at radius 2 is 1.94 bits per heavy atom. The lowest BCUT2D eigenvalue weighted by Gasteiger charge is -2.10. The monoisotopic (exact) mass is 352 g/mol. The lowest BCUT2D eigenvalue weighted by molar-refractivity contribution is -0.120. The number of rotatable bonds is 5. The van der Waals surface area contributed by atoms with Gasteiger partial charge < -0.3 is 16.0 Å². The third kappa shape index (κ3) is 6.09. The Balaban J connectivity index is 0.00000144.